The molecule has 1 N–H and O–H groups in total. The van der Waals surface area contributed by atoms with E-state index in [4.69, 9.17) is 14.7 Å². The van der Waals surface area contributed by atoms with E-state index in [1.165, 1.54) is 12.7 Å². The Kier molecular flexibility index (Phi) is 6.21. The van der Waals surface area contributed by atoms with Gasteiger partial charge in [0, 0.05) is 24.3 Å². The number of nitrogens with zero attached hydrogens (tertiary/aromatic N) is 3. The molecule has 0 bridgehead atoms. The van der Waals surface area contributed by atoms with E-state index in [0.717, 1.165) is 52.5 Å². The zero-order valence-electron chi connectivity index (χ0n) is 19.0. The number of anilines is 1. The normalized spacial score (nSPS) is 11.0. The lowest BCUT2D eigenvalue weighted by molar-refractivity contribution is 0.0599. The van der Waals surface area contributed by atoms with Gasteiger partial charge in [0.2, 0.25) is 0 Å². The minimum Gasteiger partial charge on any atom is -0.465 e. The van der Waals surface area contributed by atoms with Gasteiger partial charge in [0.05, 0.1) is 19.2 Å². The Balaban J connectivity index is 1.52. The average Bonchev–Trinajstić information content (AvgIpc) is 3.16. The monoisotopic (exact) mass is 428 g/mol. The van der Waals surface area contributed by atoms with Crippen molar-refractivity contribution in [1.82, 2.24) is 14.5 Å². The second-order valence-corrected chi connectivity index (χ2v) is 7.92. The third-order valence-electron chi connectivity index (χ3n) is 5.62. The molecule has 0 fully saturated rings. The summed E-state index contributed by atoms with van der Waals surface area (Å²) < 4.78 is 7.09. The van der Waals surface area contributed by atoms with Crippen LogP contribution in [0, 0.1) is 13.8 Å². The topological polar surface area (TPSA) is 69.0 Å². The van der Waals surface area contributed by atoms with E-state index < -0.39 is 0 Å². The van der Waals surface area contributed by atoms with Crippen molar-refractivity contribution in [2.45, 2.75) is 40.3 Å². The summed E-state index contributed by atoms with van der Waals surface area (Å²) in [7, 11) is 1.40. The first-order chi connectivity index (χ1) is 15.5. The summed E-state index contributed by atoms with van der Waals surface area (Å²) in [5.74, 6) is 0.721. The van der Waals surface area contributed by atoms with Crippen LogP contribution in [-0.4, -0.2) is 27.6 Å². The quantitative estimate of drug-likeness (QED) is 0.417. The maximum Gasteiger partial charge on any atom is 0.338 e. The third kappa shape index (κ3) is 4.35. The molecule has 2 aromatic carbocycles. The largest absolute Gasteiger partial charge is 0.465 e. The van der Waals surface area contributed by atoms with Gasteiger partial charge in [-0.25, -0.2) is 14.8 Å². The highest BCUT2D eigenvalue weighted by atomic mass is 16.5. The van der Waals surface area contributed by atoms with E-state index in [1.807, 2.05) is 25.1 Å². The number of hydrogen-bond acceptors (Lipinski definition) is 5. The molecular weight excluding hydrogens is 400 g/mol. The molecular formula is C26H28N4O2. The van der Waals surface area contributed by atoms with Crippen molar-refractivity contribution in [3.8, 4) is 0 Å². The summed E-state index contributed by atoms with van der Waals surface area (Å²) in [6.45, 7) is 7.50. The van der Waals surface area contributed by atoms with Gasteiger partial charge in [0.25, 0.3) is 0 Å². The first-order valence-corrected chi connectivity index (χ1v) is 10.8. The van der Waals surface area contributed by atoms with Gasteiger partial charge in [-0.3, -0.25) is 0 Å². The standard InChI is InChI=1S/C26H28N4O2/c1-5-23-29-24-17(2)14-18(3)28-25(24)30(23)16-19-10-12-21(13-11-19)27-15-20-8-6-7-9-22(20)26(31)32-4/h6-14,27H,5,15-16H2,1-4H3. The Bertz CT molecular complexity index is 1260. The summed E-state index contributed by atoms with van der Waals surface area (Å²) in [6, 6.07) is 17.9. The Morgan fingerprint density at radius 2 is 1.81 bits per heavy atom. The number of carbonyl (C=O) groups excluding carboxylic acids is 1. The third-order valence-corrected chi connectivity index (χ3v) is 5.62. The summed E-state index contributed by atoms with van der Waals surface area (Å²) in [6.07, 6.45) is 0.855. The average molecular weight is 429 g/mol. The van der Waals surface area contributed by atoms with Crippen molar-refractivity contribution in [2.24, 2.45) is 0 Å². The maximum absolute atomic E-state index is 12.0. The molecule has 0 aliphatic heterocycles. The molecule has 0 saturated carbocycles. The summed E-state index contributed by atoms with van der Waals surface area (Å²) in [5, 5.41) is 3.39. The minimum atomic E-state index is -0.323. The van der Waals surface area contributed by atoms with Crippen LogP contribution in [0.3, 0.4) is 0 Å². The van der Waals surface area contributed by atoms with E-state index in [2.05, 4.69) is 54.1 Å². The zero-order valence-corrected chi connectivity index (χ0v) is 19.0. The molecule has 0 aliphatic rings. The molecule has 0 atom stereocenters. The van der Waals surface area contributed by atoms with Crippen molar-refractivity contribution in [2.75, 3.05) is 12.4 Å². The van der Waals surface area contributed by atoms with Crippen molar-refractivity contribution >= 4 is 22.8 Å². The lowest BCUT2D eigenvalue weighted by Crippen LogP contribution is -2.09. The van der Waals surface area contributed by atoms with E-state index in [1.54, 1.807) is 6.07 Å². The van der Waals surface area contributed by atoms with Gasteiger partial charge in [0.15, 0.2) is 5.65 Å². The first-order valence-electron chi connectivity index (χ1n) is 10.8. The van der Waals surface area contributed by atoms with Crippen LogP contribution in [0.4, 0.5) is 5.69 Å². The van der Waals surface area contributed by atoms with E-state index in [0.29, 0.717) is 12.1 Å². The summed E-state index contributed by atoms with van der Waals surface area (Å²) >= 11 is 0. The maximum atomic E-state index is 12.0. The highest BCUT2D eigenvalue weighted by Crippen LogP contribution is 2.22. The number of rotatable bonds is 7. The van der Waals surface area contributed by atoms with Crippen molar-refractivity contribution in [3.05, 3.63) is 88.4 Å². The fourth-order valence-corrected chi connectivity index (χ4v) is 3.98. The predicted molar refractivity (Wildman–Crippen MR) is 127 cm³/mol. The van der Waals surface area contributed by atoms with E-state index >= 15 is 0 Å². The van der Waals surface area contributed by atoms with Gasteiger partial charge in [-0.2, -0.15) is 0 Å². The number of carbonyl (C=O) groups is 1. The molecule has 2 heterocycles. The molecule has 6 heteroatoms. The molecule has 0 amide bonds. The fraction of sp³-hybridized carbons (Fsp3) is 0.269. The molecule has 0 radical (unpaired) electrons. The van der Waals surface area contributed by atoms with Crippen LogP contribution in [0.2, 0.25) is 0 Å². The number of hydrogen-bond donors (Lipinski definition) is 1. The molecule has 6 nitrogen and oxygen atoms in total. The van der Waals surface area contributed by atoms with Gasteiger partial charge >= 0.3 is 5.97 Å². The van der Waals surface area contributed by atoms with Crippen LogP contribution in [-0.2, 0) is 24.2 Å². The number of aromatic nitrogens is 3. The molecule has 0 spiro atoms. The van der Waals surface area contributed by atoms with E-state index in [-0.39, 0.29) is 5.97 Å². The van der Waals surface area contributed by atoms with Gasteiger partial charge in [-0.05, 0) is 54.8 Å². The number of imidazole rings is 1. The first kappa shape index (κ1) is 21.6. The van der Waals surface area contributed by atoms with Crippen LogP contribution < -0.4 is 5.32 Å². The number of methoxy groups -OCH3 is 1. The van der Waals surface area contributed by atoms with Gasteiger partial charge in [-0.15, -0.1) is 0 Å². The SMILES string of the molecule is CCc1nc2c(C)cc(C)nc2n1Cc1ccc(NCc2ccccc2C(=O)OC)cc1. The smallest absolute Gasteiger partial charge is 0.338 e. The van der Waals surface area contributed by atoms with Crippen LogP contribution in [0.5, 0.6) is 0 Å². The zero-order chi connectivity index (χ0) is 22.7. The number of aryl methyl sites for hydroxylation is 3. The van der Waals surface area contributed by atoms with Gasteiger partial charge in [-0.1, -0.05) is 37.3 Å². The molecule has 0 aliphatic carbocycles. The molecule has 164 valence electrons. The molecule has 0 unspecified atom stereocenters. The van der Waals surface area contributed by atoms with E-state index in [9.17, 15) is 4.79 Å². The molecule has 32 heavy (non-hydrogen) atoms. The van der Waals surface area contributed by atoms with Crippen LogP contribution >= 0.6 is 0 Å². The highest BCUT2D eigenvalue weighted by Gasteiger charge is 2.14. The second kappa shape index (κ2) is 9.22. The van der Waals surface area contributed by atoms with Crippen LogP contribution in [0.1, 0.15) is 45.5 Å². The number of esters is 1. The van der Waals surface area contributed by atoms with Crippen LogP contribution in [0.25, 0.3) is 11.2 Å². The molecule has 4 rings (SSSR count). The lowest BCUT2D eigenvalue weighted by atomic mass is 10.1. The summed E-state index contributed by atoms with van der Waals surface area (Å²) in [4.78, 5) is 21.6. The Morgan fingerprint density at radius 1 is 1.06 bits per heavy atom. The minimum absolute atomic E-state index is 0.323. The van der Waals surface area contributed by atoms with Gasteiger partial charge < -0.3 is 14.6 Å². The van der Waals surface area contributed by atoms with Crippen molar-refractivity contribution in [3.63, 3.8) is 0 Å². The van der Waals surface area contributed by atoms with Crippen LogP contribution in [0.15, 0.2) is 54.6 Å². The molecule has 2 aromatic heterocycles. The Hall–Kier alpha value is -3.67. The molecule has 4 aromatic rings. The Morgan fingerprint density at radius 3 is 2.53 bits per heavy atom. The number of ether oxygens (including phenoxy) is 1. The van der Waals surface area contributed by atoms with Crippen molar-refractivity contribution in [1.29, 1.82) is 0 Å². The van der Waals surface area contributed by atoms with Gasteiger partial charge in [0.1, 0.15) is 11.3 Å². The molecule has 0 saturated heterocycles. The second-order valence-electron chi connectivity index (χ2n) is 7.92. The number of benzene rings is 2. The predicted octanol–water partition coefficient (Wildman–Crippen LogP) is 5.06. The Labute approximate surface area is 188 Å². The number of pyridine rings is 1. The summed E-state index contributed by atoms with van der Waals surface area (Å²) in [5.41, 5.74) is 7.74. The fourth-order valence-electron chi connectivity index (χ4n) is 3.98. The lowest BCUT2D eigenvalue weighted by Gasteiger charge is -2.12. The van der Waals surface area contributed by atoms with Crippen molar-refractivity contribution < 1.29 is 9.53 Å². The highest BCUT2D eigenvalue weighted by molar-refractivity contribution is 5.91. The number of fused-ring (bicyclic) bond motifs is 1. The number of nitrogens with one attached hydrogen (secondary N) is 1.